The van der Waals surface area contributed by atoms with Crippen molar-refractivity contribution in [1.29, 1.82) is 5.26 Å². The maximum atomic E-state index is 9.61. The molecule has 0 radical (unpaired) electrons. The molecule has 6 nitrogen and oxygen atoms in total. The van der Waals surface area contributed by atoms with Crippen LogP contribution in [0.15, 0.2) is 53.2 Å². The lowest BCUT2D eigenvalue weighted by atomic mass is 9.87. The lowest BCUT2D eigenvalue weighted by molar-refractivity contribution is 0.379. The first-order valence-electron chi connectivity index (χ1n) is 7.56. The number of aromatic amines is 1. The molecule has 1 aliphatic heterocycles. The van der Waals surface area contributed by atoms with E-state index >= 15 is 0 Å². The van der Waals surface area contributed by atoms with Gasteiger partial charge in [-0.2, -0.15) is 5.26 Å². The van der Waals surface area contributed by atoms with Gasteiger partial charge >= 0.3 is 0 Å². The maximum absolute atomic E-state index is 9.61. The van der Waals surface area contributed by atoms with E-state index in [1.54, 1.807) is 18.4 Å². The van der Waals surface area contributed by atoms with Gasteiger partial charge in [-0.05, 0) is 35.7 Å². The lowest BCUT2D eigenvalue weighted by Gasteiger charge is -2.22. The van der Waals surface area contributed by atoms with Gasteiger partial charge < -0.3 is 15.2 Å². The third kappa shape index (κ3) is 2.44. The third-order valence-corrected chi connectivity index (χ3v) is 5.08. The van der Waals surface area contributed by atoms with Crippen molar-refractivity contribution in [2.24, 2.45) is 5.73 Å². The average Bonchev–Trinajstić information content (AvgIpc) is 3.30. The average molecular weight is 350 g/mol. The van der Waals surface area contributed by atoms with Crippen molar-refractivity contribution in [3.63, 3.8) is 0 Å². The number of ether oxygens (including phenoxy) is 2. The Balaban J connectivity index is 1.90. The number of allylic oxidation sites excluding steroid dienone is 1. The molecule has 1 atom stereocenters. The number of rotatable bonds is 3. The topological polar surface area (TPSA) is 97.0 Å². The van der Waals surface area contributed by atoms with Crippen LogP contribution in [-0.4, -0.2) is 17.3 Å². The fourth-order valence-electron chi connectivity index (χ4n) is 2.96. The van der Waals surface area contributed by atoms with E-state index in [1.165, 1.54) is 0 Å². The molecular weight excluding hydrogens is 336 g/mol. The predicted octanol–water partition coefficient (Wildman–Crippen LogP) is 3.36. The molecule has 1 aromatic carbocycles. The van der Waals surface area contributed by atoms with Crippen molar-refractivity contribution in [1.82, 2.24) is 10.2 Å². The highest BCUT2D eigenvalue weighted by Crippen LogP contribution is 2.46. The number of nitriles is 1. The van der Waals surface area contributed by atoms with Gasteiger partial charge in [0.2, 0.25) is 11.8 Å². The van der Waals surface area contributed by atoms with Gasteiger partial charge in [0.05, 0.1) is 24.3 Å². The monoisotopic (exact) mass is 350 g/mol. The van der Waals surface area contributed by atoms with Crippen molar-refractivity contribution in [2.75, 3.05) is 7.11 Å². The van der Waals surface area contributed by atoms with Gasteiger partial charge in [0.1, 0.15) is 17.4 Å². The molecule has 25 heavy (non-hydrogen) atoms. The Morgan fingerprint density at radius 2 is 2.12 bits per heavy atom. The summed E-state index contributed by atoms with van der Waals surface area (Å²) in [7, 11) is 1.63. The molecule has 2 aromatic heterocycles. The van der Waals surface area contributed by atoms with Gasteiger partial charge in [-0.1, -0.05) is 6.07 Å². The van der Waals surface area contributed by atoms with E-state index in [0.717, 1.165) is 27.4 Å². The molecule has 3 aromatic rings. The van der Waals surface area contributed by atoms with Crippen LogP contribution in [0.25, 0.3) is 11.3 Å². The molecule has 1 aliphatic rings. The molecule has 4 rings (SSSR count). The zero-order valence-electron chi connectivity index (χ0n) is 13.3. The van der Waals surface area contributed by atoms with Crippen LogP contribution in [0.1, 0.15) is 16.4 Å². The molecule has 0 spiro atoms. The summed E-state index contributed by atoms with van der Waals surface area (Å²) in [6, 6.07) is 13.8. The number of nitrogens with zero attached hydrogens (tertiary/aromatic N) is 2. The number of nitrogens with one attached hydrogen (secondary N) is 1. The van der Waals surface area contributed by atoms with Gasteiger partial charge in [-0.15, -0.1) is 16.4 Å². The van der Waals surface area contributed by atoms with Crippen LogP contribution >= 0.6 is 11.3 Å². The largest absolute Gasteiger partial charge is 0.497 e. The maximum Gasteiger partial charge on any atom is 0.244 e. The number of hydrogen-bond donors (Lipinski definition) is 2. The van der Waals surface area contributed by atoms with Crippen LogP contribution in [-0.2, 0) is 0 Å². The third-order valence-electron chi connectivity index (χ3n) is 4.15. The number of benzene rings is 1. The quantitative estimate of drug-likeness (QED) is 0.755. The number of hydrogen-bond acceptors (Lipinski definition) is 6. The summed E-state index contributed by atoms with van der Waals surface area (Å²) < 4.78 is 10.8. The minimum Gasteiger partial charge on any atom is -0.497 e. The van der Waals surface area contributed by atoms with Crippen molar-refractivity contribution < 1.29 is 9.47 Å². The number of H-pyrrole nitrogens is 1. The van der Waals surface area contributed by atoms with E-state index in [1.807, 2.05) is 41.8 Å². The molecule has 124 valence electrons. The summed E-state index contributed by atoms with van der Waals surface area (Å²) in [4.78, 5) is 1.01. The second-order valence-corrected chi connectivity index (χ2v) is 6.47. The summed E-state index contributed by atoms with van der Waals surface area (Å²) in [5, 5.41) is 18.9. The zero-order valence-corrected chi connectivity index (χ0v) is 14.1. The Bertz CT molecular complexity index is 981. The summed E-state index contributed by atoms with van der Waals surface area (Å²) in [5.41, 5.74) is 8.90. The Kier molecular flexibility index (Phi) is 3.67. The van der Waals surface area contributed by atoms with Crippen LogP contribution in [0.3, 0.4) is 0 Å². The Labute approximate surface area is 148 Å². The van der Waals surface area contributed by atoms with E-state index in [0.29, 0.717) is 11.5 Å². The summed E-state index contributed by atoms with van der Waals surface area (Å²) >= 11 is 1.57. The van der Waals surface area contributed by atoms with E-state index in [2.05, 4.69) is 16.3 Å². The Hall–Kier alpha value is -3.24. The number of nitrogens with two attached hydrogens (primary N) is 1. The molecule has 0 aliphatic carbocycles. The number of fused-ring (bicyclic) bond motifs is 1. The second-order valence-electron chi connectivity index (χ2n) is 5.49. The lowest BCUT2D eigenvalue weighted by Crippen LogP contribution is -2.20. The van der Waals surface area contributed by atoms with Crippen LogP contribution in [0.4, 0.5) is 0 Å². The van der Waals surface area contributed by atoms with Crippen LogP contribution in [0.2, 0.25) is 0 Å². The zero-order chi connectivity index (χ0) is 17.4. The molecule has 0 saturated heterocycles. The van der Waals surface area contributed by atoms with Crippen LogP contribution in [0, 0.1) is 11.3 Å². The highest BCUT2D eigenvalue weighted by atomic mass is 32.1. The summed E-state index contributed by atoms with van der Waals surface area (Å²) in [6.07, 6.45) is 0. The van der Waals surface area contributed by atoms with Crippen LogP contribution < -0.4 is 15.2 Å². The molecule has 0 unspecified atom stereocenters. The van der Waals surface area contributed by atoms with Crippen LogP contribution in [0.5, 0.6) is 11.6 Å². The van der Waals surface area contributed by atoms with E-state index in [9.17, 15) is 5.26 Å². The van der Waals surface area contributed by atoms with Gasteiger partial charge in [0.15, 0.2) is 0 Å². The van der Waals surface area contributed by atoms with Crippen molar-refractivity contribution >= 4 is 11.3 Å². The molecular formula is C18H14N4O2S. The number of methoxy groups -OCH3 is 1. The number of thiophene rings is 1. The Morgan fingerprint density at radius 1 is 1.32 bits per heavy atom. The predicted molar refractivity (Wildman–Crippen MR) is 94.2 cm³/mol. The SMILES string of the molecule is COc1ccc(-c2[nH]nc3c2[C@H](c2cccs2)C(C#N)=C(N)O3)cc1. The highest BCUT2D eigenvalue weighted by Gasteiger charge is 2.36. The molecule has 0 fully saturated rings. The van der Waals surface area contributed by atoms with Crippen molar-refractivity contribution in [2.45, 2.75) is 5.92 Å². The first-order chi connectivity index (χ1) is 12.2. The molecule has 3 heterocycles. The smallest absolute Gasteiger partial charge is 0.244 e. The molecule has 0 saturated carbocycles. The van der Waals surface area contributed by atoms with E-state index in [-0.39, 0.29) is 11.8 Å². The second kappa shape index (κ2) is 6.00. The van der Waals surface area contributed by atoms with Gasteiger partial charge in [-0.3, -0.25) is 5.10 Å². The fourth-order valence-corrected chi connectivity index (χ4v) is 3.81. The first-order valence-corrected chi connectivity index (χ1v) is 8.44. The van der Waals surface area contributed by atoms with Crippen molar-refractivity contribution in [3.05, 3.63) is 63.7 Å². The van der Waals surface area contributed by atoms with Crippen molar-refractivity contribution in [3.8, 4) is 29.0 Å². The fraction of sp³-hybridized carbons (Fsp3) is 0.111. The molecule has 0 amide bonds. The number of aromatic nitrogens is 2. The minimum atomic E-state index is -0.301. The van der Waals surface area contributed by atoms with E-state index < -0.39 is 0 Å². The summed E-state index contributed by atoms with van der Waals surface area (Å²) in [6.45, 7) is 0. The summed E-state index contributed by atoms with van der Waals surface area (Å²) in [5.74, 6) is 0.969. The highest BCUT2D eigenvalue weighted by molar-refractivity contribution is 7.10. The molecule has 7 heteroatoms. The normalized spacial score (nSPS) is 16.1. The van der Waals surface area contributed by atoms with Gasteiger partial charge in [-0.25, -0.2) is 0 Å². The molecule has 3 N–H and O–H groups in total. The van der Waals surface area contributed by atoms with E-state index in [4.69, 9.17) is 15.2 Å². The Morgan fingerprint density at radius 3 is 2.76 bits per heavy atom. The standard InChI is InChI=1S/C18H14N4O2S/c1-23-11-6-4-10(5-7-11)16-15-14(13-3-2-8-25-13)12(9-19)17(20)24-18(15)22-21-16/h2-8,14H,20H2,1H3,(H,21,22)/t14-/m0/s1. The first kappa shape index (κ1) is 15.3. The van der Waals surface area contributed by atoms with Gasteiger partial charge in [0, 0.05) is 10.4 Å². The minimum absolute atomic E-state index is 0.0983. The molecule has 0 bridgehead atoms. The van der Waals surface area contributed by atoms with Gasteiger partial charge in [0.25, 0.3) is 0 Å².